The van der Waals surface area contributed by atoms with Crippen LogP contribution in [0.1, 0.15) is 30.2 Å². The zero-order valence-electron chi connectivity index (χ0n) is 14.0. The van der Waals surface area contributed by atoms with E-state index in [1.807, 2.05) is 32.0 Å². The number of carboxylic acids is 1. The third-order valence-corrected chi connectivity index (χ3v) is 5.24. The van der Waals surface area contributed by atoms with E-state index in [0.717, 1.165) is 45.7 Å². The Morgan fingerprint density at radius 1 is 1.38 bits per heavy atom. The van der Waals surface area contributed by atoms with Gasteiger partial charge < -0.3 is 14.7 Å². The maximum atomic E-state index is 11.2. The molecule has 3 rings (SSSR count). The number of aryl methyl sites for hydroxylation is 1. The Kier molecular flexibility index (Phi) is 5.04. The van der Waals surface area contributed by atoms with Gasteiger partial charge in [-0.3, -0.25) is 4.79 Å². The fourth-order valence-corrected chi connectivity index (χ4v) is 4.10. The van der Waals surface area contributed by atoms with E-state index in [9.17, 15) is 9.90 Å². The van der Waals surface area contributed by atoms with Crippen LogP contribution in [0.25, 0.3) is 11.3 Å². The molecule has 5 nitrogen and oxygen atoms in total. The topological polar surface area (TPSA) is 62.7 Å². The monoisotopic (exact) mass is 346 g/mol. The highest BCUT2D eigenvalue weighted by Gasteiger charge is 2.21. The lowest BCUT2D eigenvalue weighted by molar-refractivity contribution is -0.136. The van der Waals surface area contributed by atoms with Crippen molar-refractivity contribution in [2.75, 3.05) is 24.6 Å². The molecule has 0 amide bonds. The largest absolute Gasteiger partial charge is 0.494 e. The van der Waals surface area contributed by atoms with Crippen LogP contribution in [-0.2, 0) is 11.2 Å². The Morgan fingerprint density at radius 3 is 2.75 bits per heavy atom. The van der Waals surface area contributed by atoms with Crippen LogP contribution in [0.4, 0.5) is 5.13 Å². The van der Waals surface area contributed by atoms with Crippen molar-refractivity contribution < 1.29 is 14.6 Å². The molecular formula is C18H22N2O3S. The third kappa shape index (κ3) is 3.53. The maximum absolute atomic E-state index is 11.2. The first-order chi connectivity index (χ1) is 11.6. The summed E-state index contributed by atoms with van der Waals surface area (Å²) in [7, 11) is 0. The summed E-state index contributed by atoms with van der Waals surface area (Å²) < 4.78 is 5.59. The second-order valence-corrected chi connectivity index (χ2v) is 7.01. The van der Waals surface area contributed by atoms with Gasteiger partial charge >= 0.3 is 5.97 Å². The lowest BCUT2D eigenvalue weighted by atomic mass is 10.1. The van der Waals surface area contributed by atoms with Crippen molar-refractivity contribution in [1.29, 1.82) is 0 Å². The van der Waals surface area contributed by atoms with E-state index in [0.29, 0.717) is 6.61 Å². The molecule has 1 N–H and O–H groups in total. The summed E-state index contributed by atoms with van der Waals surface area (Å²) in [5.41, 5.74) is 2.77. The van der Waals surface area contributed by atoms with Gasteiger partial charge in [-0.15, -0.1) is 11.3 Å². The molecule has 0 bridgehead atoms. The number of aliphatic carboxylic acids is 1. The predicted octanol–water partition coefficient (Wildman–Crippen LogP) is 3.74. The van der Waals surface area contributed by atoms with E-state index in [4.69, 9.17) is 9.72 Å². The van der Waals surface area contributed by atoms with E-state index < -0.39 is 5.97 Å². The van der Waals surface area contributed by atoms with Crippen molar-refractivity contribution in [1.82, 2.24) is 4.98 Å². The zero-order chi connectivity index (χ0) is 17.1. The van der Waals surface area contributed by atoms with Crippen LogP contribution in [0.2, 0.25) is 0 Å². The number of carboxylic acid groups (broad SMARTS) is 1. The van der Waals surface area contributed by atoms with Gasteiger partial charge in [-0.2, -0.15) is 0 Å². The molecule has 24 heavy (non-hydrogen) atoms. The predicted molar refractivity (Wildman–Crippen MR) is 96.2 cm³/mol. The lowest BCUT2D eigenvalue weighted by Gasteiger charge is -2.12. The number of benzene rings is 1. The fraction of sp³-hybridized carbons (Fsp3) is 0.444. The molecule has 1 aromatic carbocycles. The molecule has 2 aromatic rings. The van der Waals surface area contributed by atoms with Crippen LogP contribution >= 0.6 is 11.3 Å². The third-order valence-electron chi connectivity index (χ3n) is 4.12. The highest BCUT2D eigenvalue weighted by molar-refractivity contribution is 7.16. The second-order valence-electron chi connectivity index (χ2n) is 5.95. The summed E-state index contributed by atoms with van der Waals surface area (Å²) in [5, 5.41) is 10.2. The van der Waals surface area contributed by atoms with Crippen LogP contribution in [0.5, 0.6) is 5.75 Å². The number of hydrogen-bond acceptors (Lipinski definition) is 5. The highest BCUT2D eigenvalue weighted by Crippen LogP contribution is 2.36. The number of ether oxygens (including phenoxy) is 1. The average Bonchev–Trinajstić information content (AvgIpc) is 3.18. The van der Waals surface area contributed by atoms with Gasteiger partial charge in [-0.05, 0) is 50.5 Å². The number of carbonyl (C=O) groups is 1. The molecule has 1 aliphatic heterocycles. The van der Waals surface area contributed by atoms with Crippen molar-refractivity contribution in [3.8, 4) is 17.0 Å². The number of aromatic nitrogens is 1. The van der Waals surface area contributed by atoms with E-state index in [1.54, 1.807) is 0 Å². The average molecular weight is 346 g/mol. The first-order valence-corrected chi connectivity index (χ1v) is 9.10. The van der Waals surface area contributed by atoms with Gasteiger partial charge in [0.2, 0.25) is 0 Å². The second kappa shape index (κ2) is 7.21. The summed E-state index contributed by atoms with van der Waals surface area (Å²) in [6.45, 7) is 6.59. The standard InChI is InChI=1S/C18H22N2O3S/c1-3-23-14-7-6-13(10-12(14)2)17-15(11-16(21)22)24-18(19-17)20-8-4-5-9-20/h6-7,10H,3-5,8-9,11H2,1-2H3,(H,21,22). The Hall–Kier alpha value is -2.08. The quantitative estimate of drug-likeness (QED) is 0.863. The first-order valence-electron chi connectivity index (χ1n) is 8.28. The zero-order valence-corrected chi connectivity index (χ0v) is 14.9. The smallest absolute Gasteiger partial charge is 0.308 e. The summed E-state index contributed by atoms with van der Waals surface area (Å²) in [6.07, 6.45) is 2.35. The minimum absolute atomic E-state index is 0.00704. The molecule has 0 saturated carbocycles. The summed E-state index contributed by atoms with van der Waals surface area (Å²) in [5.74, 6) is 0.0339. The van der Waals surface area contributed by atoms with Gasteiger partial charge in [0.05, 0.1) is 18.7 Å². The number of nitrogens with zero attached hydrogens (tertiary/aromatic N) is 2. The van der Waals surface area contributed by atoms with E-state index in [2.05, 4.69) is 4.90 Å². The SMILES string of the molecule is CCOc1ccc(-c2nc(N3CCCC3)sc2CC(=O)O)cc1C. The molecule has 0 radical (unpaired) electrons. The molecule has 0 atom stereocenters. The molecule has 1 aromatic heterocycles. The van der Waals surface area contributed by atoms with Crippen molar-refractivity contribution in [2.45, 2.75) is 33.1 Å². The van der Waals surface area contributed by atoms with Crippen molar-refractivity contribution in [2.24, 2.45) is 0 Å². The molecule has 1 fully saturated rings. The Balaban J connectivity index is 1.98. The van der Waals surface area contributed by atoms with Crippen LogP contribution in [0, 0.1) is 6.92 Å². The fourth-order valence-electron chi connectivity index (χ4n) is 2.98. The Morgan fingerprint density at radius 2 is 2.12 bits per heavy atom. The summed E-state index contributed by atoms with van der Waals surface area (Å²) in [4.78, 5) is 19.1. The van der Waals surface area contributed by atoms with Crippen molar-refractivity contribution in [3.63, 3.8) is 0 Å². The van der Waals surface area contributed by atoms with Crippen LogP contribution in [0.15, 0.2) is 18.2 Å². The molecule has 2 heterocycles. The highest BCUT2D eigenvalue weighted by atomic mass is 32.1. The van der Waals surface area contributed by atoms with E-state index in [-0.39, 0.29) is 6.42 Å². The Bertz CT molecular complexity index is 736. The molecule has 6 heteroatoms. The molecule has 128 valence electrons. The normalized spacial score (nSPS) is 14.2. The minimum Gasteiger partial charge on any atom is -0.494 e. The van der Waals surface area contributed by atoms with Crippen LogP contribution in [0.3, 0.4) is 0 Å². The van der Waals surface area contributed by atoms with Crippen LogP contribution < -0.4 is 9.64 Å². The first kappa shape index (κ1) is 16.8. The summed E-state index contributed by atoms with van der Waals surface area (Å²) >= 11 is 1.50. The van der Waals surface area contributed by atoms with Gasteiger partial charge in [0.15, 0.2) is 5.13 Å². The summed E-state index contributed by atoms with van der Waals surface area (Å²) in [6, 6.07) is 5.93. The van der Waals surface area contributed by atoms with Gasteiger partial charge in [0, 0.05) is 23.5 Å². The van der Waals surface area contributed by atoms with E-state index >= 15 is 0 Å². The number of rotatable bonds is 6. The maximum Gasteiger partial charge on any atom is 0.308 e. The van der Waals surface area contributed by atoms with Gasteiger partial charge in [0.25, 0.3) is 0 Å². The van der Waals surface area contributed by atoms with Gasteiger partial charge in [-0.25, -0.2) is 4.98 Å². The lowest BCUT2D eigenvalue weighted by Crippen LogP contribution is -2.17. The van der Waals surface area contributed by atoms with Gasteiger partial charge in [0.1, 0.15) is 5.75 Å². The molecule has 0 spiro atoms. The molecule has 0 unspecified atom stereocenters. The van der Waals surface area contributed by atoms with Gasteiger partial charge in [-0.1, -0.05) is 0 Å². The van der Waals surface area contributed by atoms with Crippen molar-refractivity contribution >= 4 is 22.4 Å². The van der Waals surface area contributed by atoms with E-state index in [1.165, 1.54) is 24.2 Å². The molecular weight excluding hydrogens is 324 g/mol. The van der Waals surface area contributed by atoms with Crippen LogP contribution in [-0.4, -0.2) is 35.8 Å². The van der Waals surface area contributed by atoms with Crippen molar-refractivity contribution in [3.05, 3.63) is 28.6 Å². The number of thiazole rings is 1. The number of anilines is 1. The molecule has 1 aliphatic rings. The number of hydrogen-bond donors (Lipinski definition) is 1. The Labute approximate surface area is 145 Å². The minimum atomic E-state index is -0.824. The molecule has 0 aliphatic carbocycles. The molecule has 1 saturated heterocycles.